The molecule has 2 heterocycles. The first-order valence-corrected chi connectivity index (χ1v) is 9.08. The van der Waals surface area contributed by atoms with Gasteiger partial charge in [-0.1, -0.05) is 42.5 Å². The van der Waals surface area contributed by atoms with Crippen LogP contribution in [0.25, 0.3) is 16.9 Å². The van der Waals surface area contributed by atoms with Crippen molar-refractivity contribution < 1.29 is 0 Å². The Morgan fingerprint density at radius 1 is 0.962 bits per heavy atom. The maximum absolute atomic E-state index is 4.76. The zero-order valence-electron chi connectivity index (χ0n) is 14.5. The molecule has 1 aliphatic rings. The van der Waals surface area contributed by atoms with E-state index < -0.39 is 0 Å². The normalized spacial score (nSPS) is 13.8. The Morgan fingerprint density at radius 3 is 2.62 bits per heavy atom. The molecule has 1 fully saturated rings. The average Bonchev–Trinajstić information content (AvgIpc) is 3.20. The second kappa shape index (κ2) is 6.30. The second-order valence-corrected chi connectivity index (χ2v) is 6.87. The van der Waals surface area contributed by atoms with Gasteiger partial charge in [-0.15, -0.1) is 0 Å². The number of hydrogen-bond acceptors (Lipinski definition) is 2. The fraction of sp³-hybridized carbons (Fsp3) is 0.182. The number of rotatable bonds is 5. The van der Waals surface area contributed by atoms with Crippen molar-refractivity contribution in [3.8, 4) is 16.9 Å². The molecular formula is C22H20N4. The highest BCUT2D eigenvalue weighted by molar-refractivity contribution is 5.63. The van der Waals surface area contributed by atoms with Crippen LogP contribution in [0.15, 0.2) is 79.4 Å². The third-order valence-corrected chi connectivity index (χ3v) is 4.92. The van der Waals surface area contributed by atoms with Gasteiger partial charge in [-0.05, 0) is 36.6 Å². The first kappa shape index (κ1) is 15.1. The number of nitrogens with zero attached hydrogens (tertiary/aromatic N) is 4. The van der Waals surface area contributed by atoms with Gasteiger partial charge in [0, 0.05) is 36.1 Å². The first-order valence-electron chi connectivity index (χ1n) is 9.08. The summed E-state index contributed by atoms with van der Waals surface area (Å²) in [6, 6.07) is 21.0. The molecule has 128 valence electrons. The largest absolute Gasteiger partial charge is 0.329 e. The zero-order valence-corrected chi connectivity index (χ0v) is 14.5. The van der Waals surface area contributed by atoms with Crippen molar-refractivity contribution in [2.24, 2.45) is 0 Å². The molecule has 0 atom stereocenters. The van der Waals surface area contributed by atoms with Crippen molar-refractivity contribution in [3.63, 3.8) is 0 Å². The van der Waals surface area contributed by atoms with Crippen molar-refractivity contribution in [2.45, 2.75) is 25.3 Å². The summed E-state index contributed by atoms with van der Waals surface area (Å²) in [5.74, 6) is 0.641. The highest BCUT2D eigenvalue weighted by Gasteiger charge is 2.30. The Kier molecular flexibility index (Phi) is 3.67. The molecule has 1 aliphatic carbocycles. The Balaban J connectivity index is 1.50. The van der Waals surface area contributed by atoms with Crippen molar-refractivity contribution >= 4 is 0 Å². The third kappa shape index (κ3) is 2.84. The maximum Gasteiger partial charge on any atom is 0.0959 e. The van der Waals surface area contributed by atoms with E-state index in [1.165, 1.54) is 29.7 Å². The Hall–Kier alpha value is -3.14. The second-order valence-electron chi connectivity index (χ2n) is 6.87. The van der Waals surface area contributed by atoms with Crippen LogP contribution in [0.4, 0.5) is 0 Å². The van der Waals surface area contributed by atoms with Crippen LogP contribution in [-0.2, 0) is 6.54 Å². The van der Waals surface area contributed by atoms with Crippen LogP contribution in [0.1, 0.15) is 30.0 Å². The molecule has 2 aromatic heterocycles. The number of benzene rings is 2. The molecule has 1 saturated carbocycles. The van der Waals surface area contributed by atoms with E-state index in [0.29, 0.717) is 5.92 Å². The van der Waals surface area contributed by atoms with E-state index in [-0.39, 0.29) is 0 Å². The molecule has 0 spiro atoms. The summed E-state index contributed by atoms with van der Waals surface area (Å²) >= 11 is 0. The third-order valence-electron chi connectivity index (χ3n) is 4.92. The molecule has 0 saturated heterocycles. The molecule has 4 heteroatoms. The number of aromatic nitrogens is 4. The minimum Gasteiger partial charge on any atom is -0.329 e. The summed E-state index contributed by atoms with van der Waals surface area (Å²) in [5.41, 5.74) is 6.07. The van der Waals surface area contributed by atoms with Crippen molar-refractivity contribution in [2.75, 3.05) is 0 Å². The van der Waals surface area contributed by atoms with Gasteiger partial charge in [0.25, 0.3) is 0 Å². The van der Waals surface area contributed by atoms with Crippen molar-refractivity contribution in [3.05, 3.63) is 90.6 Å². The van der Waals surface area contributed by atoms with E-state index in [4.69, 9.17) is 4.98 Å². The summed E-state index contributed by atoms with van der Waals surface area (Å²) in [6.07, 6.45) is 8.30. The predicted octanol–water partition coefficient (Wildman–Crippen LogP) is 4.66. The maximum atomic E-state index is 4.76. The van der Waals surface area contributed by atoms with Gasteiger partial charge in [-0.25, -0.2) is 9.67 Å². The SMILES string of the molecule is c1ccc(-c2ncn(Cc3cccc(-n4cccn4)c3)c2C2CC2)cc1. The Bertz CT molecular complexity index is 1010. The van der Waals surface area contributed by atoms with Crippen LogP contribution in [0.3, 0.4) is 0 Å². The van der Waals surface area contributed by atoms with Crippen LogP contribution >= 0.6 is 0 Å². The van der Waals surface area contributed by atoms with E-state index in [1.807, 2.05) is 23.3 Å². The monoisotopic (exact) mass is 340 g/mol. The average molecular weight is 340 g/mol. The van der Waals surface area contributed by atoms with Gasteiger partial charge in [0.15, 0.2) is 0 Å². The quantitative estimate of drug-likeness (QED) is 0.529. The lowest BCUT2D eigenvalue weighted by atomic mass is 10.1. The molecule has 0 aliphatic heterocycles. The summed E-state index contributed by atoms with van der Waals surface area (Å²) in [5, 5.41) is 4.33. The molecule has 4 aromatic rings. The van der Waals surface area contributed by atoms with Gasteiger partial charge in [0.2, 0.25) is 0 Å². The van der Waals surface area contributed by atoms with Gasteiger partial charge in [-0.3, -0.25) is 0 Å². The van der Waals surface area contributed by atoms with E-state index in [9.17, 15) is 0 Å². The molecule has 0 bridgehead atoms. The van der Waals surface area contributed by atoms with Crippen LogP contribution in [-0.4, -0.2) is 19.3 Å². The standard InChI is InChI=1S/C22H20N4/c1-2-7-18(8-3-1)21-22(19-10-11-19)25(16-23-21)15-17-6-4-9-20(14-17)26-13-5-12-24-26/h1-9,12-14,16,19H,10-11,15H2. The lowest BCUT2D eigenvalue weighted by Gasteiger charge is -2.11. The lowest BCUT2D eigenvalue weighted by molar-refractivity contribution is 0.741. The topological polar surface area (TPSA) is 35.6 Å². The predicted molar refractivity (Wildman–Crippen MR) is 102 cm³/mol. The molecule has 0 amide bonds. The summed E-state index contributed by atoms with van der Waals surface area (Å²) in [7, 11) is 0. The van der Waals surface area contributed by atoms with E-state index in [2.05, 4.69) is 64.3 Å². The van der Waals surface area contributed by atoms with Gasteiger partial charge in [-0.2, -0.15) is 5.10 Å². The molecule has 26 heavy (non-hydrogen) atoms. The minimum atomic E-state index is 0.641. The lowest BCUT2D eigenvalue weighted by Crippen LogP contribution is -2.04. The highest BCUT2D eigenvalue weighted by atomic mass is 15.3. The molecule has 0 N–H and O–H groups in total. The van der Waals surface area contributed by atoms with E-state index in [0.717, 1.165) is 17.9 Å². The van der Waals surface area contributed by atoms with Gasteiger partial charge < -0.3 is 4.57 Å². The molecular weight excluding hydrogens is 320 g/mol. The molecule has 0 radical (unpaired) electrons. The highest BCUT2D eigenvalue weighted by Crippen LogP contribution is 2.44. The van der Waals surface area contributed by atoms with E-state index >= 15 is 0 Å². The van der Waals surface area contributed by atoms with Crippen LogP contribution in [0.2, 0.25) is 0 Å². The van der Waals surface area contributed by atoms with Crippen molar-refractivity contribution in [1.82, 2.24) is 19.3 Å². The first-order chi connectivity index (χ1) is 12.9. The summed E-state index contributed by atoms with van der Waals surface area (Å²) in [4.78, 5) is 4.76. The van der Waals surface area contributed by atoms with E-state index in [1.54, 1.807) is 6.20 Å². The minimum absolute atomic E-state index is 0.641. The number of imidazole rings is 1. The summed E-state index contributed by atoms with van der Waals surface area (Å²) in [6.45, 7) is 0.834. The summed E-state index contributed by atoms with van der Waals surface area (Å²) < 4.78 is 4.22. The fourth-order valence-corrected chi connectivity index (χ4v) is 3.54. The van der Waals surface area contributed by atoms with Crippen LogP contribution in [0, 0.1) is 0 Å². The molecule has 2 aromatic carbocycles. The number of hydrogen-bond donors (Lipinski definition) is 0. The van der Waals surface area contributed by atoms with Crippen LogP contribution in [0.5, 0.6) is 0 Å². The molecule has 4 nitrogen and oxygen atoms in total. The molecule has 5 rings (SSSR count). The molecule has 0 unspecified atom stereocenters. The van der Waals surface area contributed by atoms with Gasteiger partial charge >= 0.3 is 0 Å². The zero-order chi connectivity index (χ0) is 17.3. The smallest absolute Gasteiger partial charge is 0.0959 e. The Morgan fingerprint density at radius 2 is 1.85 bits per heavy atom. The van der Waals surface area contributed by atoms with Gasteiger partial charge in [0.1, 0.15) is 0 Å². The van der Waals surface area contributed by atoms with Crippen molar-refractivity contribution in [1.29, 1.82) is 0 Å². The Labute approximate surface area is 152 Å². The fourth-order valence-electron chi connectivity index (χ4n) is 3.54. The van der Waals surface area contributed by atoms with Gasteiger partial charge in [0.05, 0.1) is 17.7 Å². The van der Waals surface area contributed by atoms with Crippen LogP contribution < -0.4 is 0 Å².